The molecule has 2 amide bonds. The van der Waals surface area contributed by atoms with Gasteiger partial charge >= 0.3 is 6.03 Å². The summed E-state index contributed by atoms with van der Waals surface area (Å²) in [6.45, 7) is 7.93. The average molecular weight is 352 g/mol. The zero-order chi connectivity index (χ0) is 16.2. The molecule has 0 bridgehead atoms. The molecule has 124 valence electrons. The Bertz CT molecular complexity index is 627. The van der Waals surface area contributed by atoms with Crippen molar-refractivity contribution in [3.8, 4) is 0 Å². The Labute approximate surface area is 144 Å². The SMILES string of the molecule is Cc1nc(N2CCN(C(=O)NCCc3cscn3)CC2)sc1C. The van der Waals surface area contributed by atoms with Gasteiger partial charge in [0, 0.05) is 49.4 Å². The van der Waals surface area contributed by atoms with E-state index in [1.165, 1.54) is 4.88 Å². The van der Waals surface area contributed by atoms with Gasteiger partial charge in [-0.05, 0) is 13.8 Å². The third-order valence-corrected chi connectivity index (χ3v) is 5.76. The lowest BCUT2D eigenvalue weighted by atomic mass is 10.3. The molecular formula is C15H21N5OS2. The summed E-state index contributed by atoms with van der Waals surface area (Å²) >= 11 is 3.32. The Morgan fingerprint density at radius 1 is 1.30 bits per heavy atom. The van der Waals surface area contributed by atoms with Gasteiger partial charge in [0.1, 0.15) is 0 Å². The second-order valence-corrected chi connectivity index (χ2v) is 7.47. The van der Waals surface area contributed by atoms with Crippen molar-refractivity contribution in [3.63, 3.8) is 0 Å². The number of aromatic nitrogens is 2. The van der Waals surface area contributed by atoms with Gasteiger partial charge in [0.25, 0.3) is 0 Å². The molecule has 8 heteroatoms. The third kappa shape index (κ3) is 4.00. The van der Waals surface area contributed by atoms with E-state index in [4.69, 9.17) is 0 Å². The van der Waals surface area contributed by atoms with Crippen LogP contribution in [0.4, 0.5) is 9.93 Å². The fraction of sp³-hybridized carbons (Fsp3) is 0.533. The third-order valence-electron chi connectivity index (χ3n) is 4.00. The van der Waals surface area contributed by atoms with E-state index < -0.39 is 0 Å². The largest absolute Gasteiger partial charge is 0.345 e. The Hall–Kier alpha value is -1.67. The topological polar surface area (TPSA) is 61.4 Å². The number of anilines is 1. The molecule has 0 radical (unpaired) electrons. The second kappa shape index (κ2) is 7.27. The van der Waals surface area contributed by atoms with Crippen LogP contribution in [-0.4, -0.2) is 53.6 Å². The summed E-state index contributed by atoms with van der Waals surface area (Å²) in [7, 11) is 0. The van der Waals surface area contributed by atoms with Crippen LogP contribution in [0.2, 0.25) is 0 Å². The van der Waals surface area contributed by atoms with Crippen LogP contribution in [0, 0.1) is 13.8 Å². The highest BCUT2D eigenvalue weighted by Gasteiger charge is 2.22. The maximum atomic E-state index is 12.2. The van der Waals surface area contributed by atoms with Crippen molar-refractivity contribution >= 4 is 33.8 Å². The molecule has 1 N–H and O–H groups in total. The van der Waals surface area contributed by atoms with Crippen LogP contribution in [0.3, 0.4) is 0 Å². The number of piperazine rings is 1. The van der Waals surface area contributed by atoms with Gasteiger partial charge in [-0.2, -0.15) is 0 Å². The highest BCUT2D eigenvalue weighted by Crippen LogP contribution is 2.25. The van der Waals surface area contributed by atoms with Crippen molar-refractivity contribution in [2.24, 2.45) is 0 Å². The molecule has 23 heavy (non-hydrogen) atoms. The maximum absolute atomic E-state index is 12.2. The molecule has 2 aromatic heterocycles. The fourth-order valence-corrected chi connectivity index (χ4v) is 4.02. The minimum absolute atomic E-state index is 0.0198. The van der Waals surface area contributed by atoms with Crippen molar-refractivity contribution in [1.82, 2.24) is 20.2 Å². The number of carbonyl (C=O) groups is 1. The normalized spacial score (nSPS) is 15.0. The van der Waals surface area contributed by atoms with E-state index >= 15 is 0 Å². The van der Waals surface area contributed by atoms with Crippen molar-refractivity contribution in [2.45, 2.75) is 20.3 Å². The van der Waals surface area contributed by atoms with E-state index in [9.17, 15) is 4.79 Å². The predicted molar refractivity (Wildman–Crippen MR) is 94.6 cm³/mol. The van der Waals surface area contributed by atoms with Crippen molar-refractivity contribution in [2.75, 3.05) is 37.6 Å². The van der Waals surface area contributed by atoms with Crippen LogP contribution < -0.4 is 10.2 Å². The molecule has 0 atom stereocenters. The van der Waals surface area contributed by atoms with E-state index in [0.717, 1.165) is 49.1 Å². The lowest BCUT2D eigenvalue weighted by Gasteiger charge is -2.34. The van der Waals surface area contributed by atoms with Gasteiger partial charge in [0.2, 0.25) is 0 Å². The minimum Gasteiger partial charge on any atom is -0.345 e. The highest BCUT2D eigenvalue weighted by atomic mass is 32.1. The second-order valence-electron chi connectivity index (χ2n) is 5.57. The van der Waals surface area contributed by atoms with E-state index in [1.54, 1.807) is 22.7 Å². The van der Waals surface area contributed by atoms with Crippen LogP contribution in [0.5, 0.6) is 0 Å². The van der Waals surface area contributed by atoms with Crippen LogP contribution in [0.15, 0.2) is 10.9 Å². The number of urea groups is 1. The Morgan fingerprint density at radius 3 is 2.70 bits per heavy atom. The van der Waals surface area contributed by atoms with Gasteiger partial charge < -0.3 is 15.1 Å². The summed E-state index contributed by atoms with van der Waals surface area (Å²) in [6.07, 6.45) is 0.785. The Kier molecular flexibility index (Phi) is 5.12. The number of thiazole rings is 2. The summed E-state index contributed by atoms with van der Waals surface area (Å²) in [6, 6.07) is 0.0198. The van der Waals surface area contributed by atoms with Crippen LogP contribution in [0.1, 0.15) is 16.3 Å². The molecule has 3 rings (SSSR count). The summed E-state index contributed by atoms with van der Waals surface area (Å²) in [5.74, 6) is 0. The maximum Gasteiger partial charge on any atom is 0.317 e. The van der Waals surface area contributed by atoms with E-state index in [1.807, 2.05) is 22.7 Å². The molecule has 2 aromatic rings. The van der Waals surface area contributed by atoms with Crippen LogP contribution in [-0.2, 0) is 6.42 Å². The molecule has 6 nitrogen and oxygen atoms in total. The first-order valence-electron chi connectivity index (χ1n) is 7.72. The standard InChI is InChI=1S/C15H21N5OS2/c1-11-12(2)23-15(18-11)20-7-5-19(6-8-20)14(21)16-4-3-13-9-22-10-17-13/h9-10H,3-8H2,1-2H3,(H,16,21). The van der Waals surface area contributed by atoms with Crippen LogP contribution >= 0.6 is 22.7 Å². The first-order chi connectivity index (χ1) is 11.1. The van der Waals surface area contributed by atoms with Crippen molar-refractivity contribution < 1.29 is 4.79 Å². The fourth-order valence-electron chi connectivity index (χ4n) is 2.46. The van der Waals surface area contributed by atoms with Gasteiger partial charge in [0.05, 0.1) is 16.9 Å². The molecule has 3 heterocycles. The number of rotatable bonds is 4. The lowest BCUT2D eigenvalue weighted by molar-refractivity contribution is 0.194. The summed E-state index contributed by atoms with van der Waals surface area (Å²) in [4.78, 5) is 26.4. The molecule has 1 saturated heterocycles. The van der Waals surface area contributed by atoms with Crippen LogP contribution in [0.25, 0.3) is 0 Å². The summed E-state index contributed by atoms with van der Waals surface area (Å²) in [5, 5.41) is 6.07. The van der Waals surface area contributed by atoms with E-state index in [0.29, 0.717) is 6.54 Å². The predicted octanol–water partition coefficient (Wildman–Crippen LogP) is 2.29. The van der Waals surface area contributed by atoms with Gasteiger partial charge in [-0.15, -0.1) is 22.7 Å². The lowest BCUT2D eigenvalue weighted by Crippen LogP contribution is -2.52. The molecule has 1 aliphatic heterocycles. The number of nitrogens with zero attached hydrogens (tertiary/aromatic N) is 4. The first kappa shape index (κ1) is 16.2. The Balaban J connectivity index is 1.43. The highest BCUT2D eigenvalue weighted by molar-refractivity contribution is 7.15. The van der Waals surface area contributed by atoms with Gasteiger partial charge in [-0.1, -0.05) is 0 Å². The molecular weight excluding hydrogens is 330 g/mol. The molecule has 0 unspecified atom stereocenters. The van der Waals surface area contributed by atoms with E-state index in [-0.39, 0.29) is 6.03 Å². The number of amides is 2. The Morgan fingerprint density at radius 2 is 2.09 bits per heavy atom. The van der Waals surface area contributed by atoms with Gasteiger partial charge in [-0.3, -0.25) is 0 Å². The average Bonchev–Trinajstić information content (AvgIpc) is 3.18. The molecule has 0 aliphatic carbocycles. The smallest absolute Gasteiger partial charge is 0.317 e. The molecule has 0 spiro atoms. The summed E-state index contributed by atoms with van der Waals surface area (Å²) < 4.78 is 0. The zero-order valence-corrected chi connectivity index (χ0v) is 15.0. The molecule has 0 aromatic carbocycles. The van der Waals surface area contributed by atoms with Gasteiger partial charge in [0.15, 0.2) is 5.13 Å². The minimum atomic E-state index is 0.0198. The number of hydrogen-bond donors (Lipinski definition) is 1. The monoisotopic (exact) mass is 351 g/mol. The number of nitrogens with one attached hydrogen (secondary N) is 1. The zero-order valence-electron chi connectivity index (χ0n) is 13.4. The number of carbonyl (C=O) groups excluding carboxylic acids is 1. The van der Waals surface area contributed by atoms with Crippen molar-refractivity contribution in [3.05, 3.63) is 27.2 Å². The molecule has 1 fully saturated rings. The van der Waals surface area contributed by atoms with Crippen molar-refractivity contribution in [1.29, 1.82) is 0 Å². The first-order valence-corrected chi connectivity index (χ1v) is 9.48. The molecule has 1 aliphatic rings. The quantitative estimate of drug-likeness (QED) is 0.918. The van der Waals surface area contributed by atoms with Gasteiger partial charge in [-0.25, -0.2) is 14.8 Å². The molecule has 0 saturated carbocycles. The summed E-state index contributed by atoms with van der Waals surface area (Å²) in [5.41, 5.74) is 3.96. The van der Waals surface area contributed by atoms with E-state index in [2.05, 4.69) is 27.1 Å². The number of aryl methyl sites for hydroxylation is 2. The number of hydrogen-bond acceptors (Lipinski definition) is 6.